The largest absolute Gasteiger partial charge is 0.435 e. The third-order valence-electron chi connectivity index (χ3n) is 0.725. The molecule has 0 aromatic heterocycles. The molecule has 0 bridgehead atoms. The summed E-state index contributed by atoms with van der Waals surface area (Å²) >= 11 is 0. The van der Waals surface area contributed by atoms with E-state index in [4.69, 9.17) is 4.43 Å². The average Bonchev–Trinajstić information content (AvgIpc) is 1.85. The van der Waals surface area contributed by atoms with E-state index in [1.54, 1.807) is 7.11 Å². The number of hydrogen-bond donors (Lipinski definition) is 0. The van der Waals surface area contributed by atoms with Crippen molar-refractivity contribution in [3.8, 4) is 0 Å². The summed E-state index contributed by atoms with van der Waals surface area (Å²) in [6.45, 7) is 3.24. The minimum absolute atomic E-state index is 0.251. The molecule has 0 fully saturated rings. The molecule has 0 saturated heterocycles. The first-order valence-corrected chi connectivity index (χ1v) is 4.18. The maximum Gasteiger partial charge on any atom is 0.309 e. The van der Waals surface area contributed by atoms with E-state index in [1.807, 2.05) is 0 Å². The molecule has 0 aliphatic heterocycles. The smallest absolute Gasteiger partial charge is 0.309 e. The Bertz CT molecular complexity index is 102. The lowest BCUT2D eigenvalue weighted by molar-refractivity contribution is -0.135. The summed E-state index contributed by atoms with van der Waals surface area (Å²) in [6.07, 6.45) is 1.13. The van der Waals surface area contributed by atoms with Crippen molar-refractivity contribution in [3.63, 3.8) is 0 Å². The Morgan fingerprint density at radius 3 is 3.00 bits per heavy atom. The van der Waals surface area contributed by atoms with Gasteiger partial charge in [-0.25, -0.2) is 0 Å². The van der Waals surface area contributed by atoms with Gasteiger partial charge in [0.15, 0.2) is 9.76 Å². The normalized spacial score (nSPS) is 9.89. The van der Waals surface area contributed by atoms with Gasteiger partial charge in [0, 0.05) is 7.11 Å². The van der Waals surface area contributed by atoms with Crippen LogP contribution in [0.15, 0.2) is 12.8 Å². The van der Waals surface area contributed by atoms with Crippen molar-refractivity contribution >= 4 is 15.7 Å². The van der Waals surface area contributed by atoms with Crippen LogP contribution in [-0.2, 0) is 14.0 Å². The summed E-state index contributed by atoms with van der Waals surface area (Å²) in [5, 5.41) is 0. The molecule has 0 rings (SSSR count). The van der Waals surface area contributed by atoms with E-state index >= 15 is 0 Å². The fourth-order valence-electron chi connectivity index (χ4n) is 0.337. The van der Waals surface area contributed by atoms with Crippen LogP contribution in [0.2, 0.25) is 6.04 Å². The third kappa shape index (κ3) is 5.25. The van der Waals surface area contributed by atoms with E-state index in [2.05, 4.69) is 11.3 Å². The molecule has 9 heavy (non-hydrogen) atoms. The van der Waals surface area contributed by atoms with Crippen LogP contribution in [0, 0.1) is 0 Å². The predicted octanol–water partition coefficient (Wildman–Crippen LogP) is -0.178. The summed E-state index contributed by atoms with van der Waals surface area (Å²) in [7, 11) is 0.922. The van der Waals surface area contributed by atoms with Gasteiger partial charge in [-0.05, 0) is 0 Å². The Morgan fingerprint density at radius 1 is 1.89 bits per heavy atom. The zero-order valence-electron chi connectivity index (χ0n) is 5.42. The molecule has 0 aliphatic rings. The molecule has 0 spiro atoms. The molecule has 0 aromatic carbocycles. The lowest BCUT2D eigenvalue weighted by Gasteiger charge is -1.94. The average molecular weight is 146 g/mol. The summed E-state index contributed by atoms with van der Waals surface area (Å²) in [4.78, 5) is 10.5. The van der Waals surface area contributed by atoms with Crippen LogP contribution < -0.4 is 0 Å². The van der Waals surface area contributed by atoms with Gasteiger partial charge in [0.05, 0.1) is 12.3 Å². The highest BCUT2D eigenvalue weighted by Crippen LogP contribution is 1.85. The lowest BCUT2D eigenvalue weighted by atomic mass is 10.8. The lowest BCUT2D eigenvalue weighted by Crippen LogP contribution is -2.04. The molecule has 0 atom stereocenters. The fraction of sp³-hybridized carbons (Fsp3) is 0.400. The highest BCUT2D eigenvalue weighted by Gasteiger charge is 1.98. The van der Waals surface area contributed by atoms with E-state index in [-0.39, 0.29) is 5.97 Å². The zero-order valence-corrected chi connectivity index (χ0v) is 6.84. The molecule has 0 aromatic rings. The van der Waals surface area contributed by atoms with E-state index in [0.717, 1.165) is 6.26 Å². The maximum atomic E-state index is 10.5. The molecule has 0 N–H and O–H groups in total. The Hall–Kier alpha value is -0.613. The molecule has 4 heteroatoms. The number of carbonyl (C=O) groups is 1. The van der Waals surface area contributed by atoms with Crippen LogP contribution in [-0.4, -0.2) is 22.8 Å². The molecule has 0 radical (unpaired) electrons. The summed E-state index contributed by atoms with van der Waals surface area (Å²) < 4.78 is 9.19. The van der Waals surface area contributed by atoms with Crippen LogP contribution in [0.5, 0.6) is 0 Å². The molecule has 0 heterocycles. The quantitative estimate of drug-likeness (QED) is 0.313. The first-order valence-electron chi connectivity index (χ1n) is 2.60. The van der Waals surface area contributed by atoms with Gasteiger partial charge in [0.2, 0.25) is 0 Å². The number of esters is 1. The molecular formula is C5H10O3Si. The molecule has 3 nitrogen and oxygen atoms in total. The topological polar surface area (TPSA) is 35.5 Å². The highest BCUT2D eigenvalue weighted by atomic mass is 28.2. The van der Waals surface area contributed by atoms with Gasteiger partial charge in [0.25, 0.3) is 0 Å². The SMILES string of the molecule is C=COC(=O)C[SiH2]OC. The molecule has 0 amide bonds. The number of rotatable bonds is 4. The van der Waals surface area contributed by atoms with Crippen LogP contribution in [0.4, 0.5) is 0 Å². The maximum absolute atomic E-state index is 10.5. The minimum atomic E-state index is -0.668. The number of ether oxygens (including phenoxy) is 1. The van der Waals surface area contributed by atoms with E-state index in [0.29, 0.717) is 6.04 Å². The predicted molar refractivity (Wildman–Crippen MR) is 36.6 cm³/mol. The fourth-order valence-corrected chi connectivity index (χ4v) is 0.826. The molecule has 0 aliphatic carbocycles. The number of hydrogen-bond acceptors (Lipinski definition) is 3. The van der Waals surface area contributed by atoms with Crippen molar-refractivity contribution < 1.29 is 14.0 Å². The van der Waals surface area contributed by atoms with E-state index in [9.17, 15) is 4.79 Å². The van der Waals surface area contributed by atoms with Crippen molar-refractivity contribution in [2.24, 2.45) is 0 Å². The number of carbonyl (C=O) groups excluding carboxylic acids is 1. The summed E-state index contributed by atoms with van der Waals surface area (Å²) in [5.74, 6) is -0.251. The second-order valence-electron chi connectivity index (χ2n) is 1.40. The first-order chi connectivity index (χ1) is 4.31. The highest BCUT2D eigenvalue weighted by molar-refractivity contribution is 6.33. The van der Waals surface area contributed by atoms with E-state index < -0.39 is 9.76 Å². The van der Waals surface area contributed by atoms with Gasteiger partial charge < -0.3 is 9.16 Å². The molecule has 0 saturated carbocycles. The summed E-state index contributed by atoms with van der Waals surface area (Å²) in [6, 6.07) is 0.419. The van der Waals surface area contributed by atoms with E-state index in [1.165, 1.54) is 0 Å². The van der Waals surface area contributed by atoms with Gasteiger partial charge in [0.1, 0.15) is 0 Å². The van der Waals surface area contributed by atoms with Crippen LogP contribution in [0.25, 0.3) is 0 Å². The van der Waals surface area contributed by atoms with Gasteiger partial charge in [-0.15, -0.1) is 0 Å². The van der Waals surface area contributed by atoms with Crippen molar-refractivity contribution in [2.75, 3.05) is 7.11 Å². The monoisotopic (exact) mass is 146 g/mol. The second kappa shape index (κ2) is 5.52. The second-order valence-corrected chi connectivity index (χ2v) is 2.88. The van der Waals surface area contributed by atoms with Crippen molar-refractivity contribution in [2.45, 2.75) is 6.04 Å². The Kier molecular flexibility index (Phi) is 5.15. The van der Waals surface area contributed by atoms with Gasteiger partial charge in [-0.1, -0.05) is 6.58 Å². The van der Waals surface area contributed by atoms with Crippen LogP contribution in [0.1, 0.15) is 0 Å². The third-order valence-corrected chi connectivity index (χ3v) is 1.75. The Balaban J connectivity index is 3.16. The van der Waals surface area contributed by atoms with Gasteiger partial charge in [-0.2, -0.15) is 0 Å². The van der Waals surface area contributed by atoms with Gasteiger partial charge in [-0.3, -0.25) is 4.79 Å². The van der Waals surface area contributed by atoms with Crippen molar-refractivity contribution in [1.82, 2.24) is 0 Å². The van der Waals surface area contributed by atoms with Crippen molar-refractivity contribution in [1.29, 1.82) is 0 Å². The molecule has 0 unspecified atom stereocenters. The standard InChI is InChI=1S/C5H10O3Si/c1-3-8-5(6)4-9-7-2/h3H,1,4,9H2,2H3. The van der Waals surface area contributed by atoms with Gasteiger partial charge >= 0.3 is 5.97 Å². The van der Waals surface area contributed by atoms with Crippen LogP contribution >= 0.6 is 0 Å². The summed E-state index contributed by atoms with van der Waals surface area (Å²) in [5.41, 5.74) is 0. The van der Waals surface area contributed by atoms with Crippen molar-refractivity contribution in [3.05, 3.63) is 12.8 Å². The van der Waals surface area contributed by atoms with Crippen LogP contribution in [0.3, 0.4) is 0 Å². The Morgan fingerprint density at radius 2 is 2.56 bits per heavy atom. The zero-order chi connectivity index (χ0) is 7.11. The molecule has 52 valence electrons. The minimum Gasteiger partial charge on any atom is -0.435 e. The first kappa shape index (κ1) is 8.39. The Labute approximate surface area is 56.6 Å². The molecular weight excluding hydrogens is 136 g/mol.